The maximum Gasteiger partial charge on any atom is 0.429 e. The first kappa shape index (κ1) is 16.8. The number of benzene rings is 1. The van der Waals surface area contributed by atoms with Crippen molar-refractivity contribution in [2.45, 2.75) is 32.8 Å². The molecule has 1 aromatic rings. The topological polar surface area (TPSA) is 75.9 Å². The van der Waals surface area contributed by atoms with Gasteiger partial charge in [0, 0.05) is 18.7 Å². The summed E-state index contributed by atoms with van der Waals surface area (Å²) in [7, 11) is 0. The number of hydrogen-bond donors (Lipinski definition) is 0. The summed E-state index contributed by atoms with van der Waals surface area (Å²) in [6.45, 7) is 6.43. The number of nitrogens with zero attached hydrogens (tertiary/aromatic N) is 3. The van der Waals surface area contributed by atoms with Crippen molar-refractivity contribution in [2.75, 3.05) is 18.1 Å². The third-order valence-electron chi connectivity index (χ3n) is 3.21. The number of nitro benzene ring substituents is 1. The number of carbonyl (C=O) groups is 1. The van der Waals surface area contributed by atoms with E-state index in [1.165, 1.54) is 17.1 Å². The number of hydrogen-bond acceptors (Lipinski definition) is 5. The lowest BCUT2D eigenvalue weighted by Gasteiger charge is -2.35. The Balaban J connectivity index is 2.25. The molecule has 0 N–H and O–H groups in total. The van der Waals surface area contributed by atoms with Gasteiger partial charge in [0.15, 0.2) is 0 Å². The summed E-state index contributed by atoms with van der Waals surface area (Å²) >= 11 is 0. The van der Waals surface area contributed by atoms with Crippen LogP contribution < -0.4 is 5.01 Å². The van der Waals surface area contributed by atoms with Gasteiger partial charge in [-0.15, -0.1) is 0 Å². The van der Waals surface area contributed by atoms with Crippen molar-refractivity contribution in [2.24, 2.45) is 0 Å². The van der Waals surface area contributed by atoms with Crippen LogP contribution in [0.5, 0.6) is 0 Å². The van der Waals surface area contributed by atoms with Crippen molar-refractivity contribution in [1.29, 1.82) is 0 Å². The second-order valence-electron chi connectivity index (χ2n) is 6.22. The normalized spacial score (nSPS) is 15.3. The average Bonchev–Trinajstić information content (AvgIpc) is 2.71. The molecule has 0 radical (unpaired) electrons. The summed E-state index contributed by atoms with van der Waals surface area (Å²) in [5.41, 5.74) is 0.143. The molecule has 1 aromatic carbocycles. The van der Waals surface area contributed by atoms with E-state index in [2.05, 4.69) is 0 Å². The molecule has 1 heterocycles. The zero-order valence-electron chi connectivity index (χ0n) is 13.6. The molecular weight excluding hydrogens is 298 g/mol. The van der Waals surface area contributed by atoms with Crippen molar-refractivity contribution in [3.8, 4) is 0 Å². The smallest absolute Gasteiger partial charge is 0.429 e. The molecule has 0 fully saturated rings. The van der Waals surface area contributed by atoms with Gasteiger partial charge in [-0.1, -0.05) is 12.2 Å². The van der Waals surface area contributed by atoms with E-state index in [1.807, 2.05) is 32.9 Å². The van der Waals surface area contributed by atoms with Crippen LogP contribution in [0.2, 0.25) is 0 Å². The van der Waals surface area contributed by atoms with Crippen molar-refractivity contribution in [3.05, 3.63) is 46.5 Å². The first-order valence-corrected chi connectivity index (χ1v) is 7.45. The van der Waals surface area contributed by atoms with E-state index in [4.69, 9.17) is 4.74 Å². The number of carbonyl (C=O) groups excluding carboxylic acids is 1. The summed E-state index contributed by atoms with van der Waals surface area (Å²) in [5, 5.41) is 14.1. The van der Waals surface area contributed by atoms with Crippen LogP contribution in [0.25, 0.3) is 0 Å². The number of amides is 1. The van der Waals surface area contributed by atoms with Crippen LogP contribution in [0.1, 0.15) is 27.2 Å². The number of nitro groups is 1. The Labute approximate surface area is 135 Å². The largest absolute Gasteiger partial charge is 0.442 e. The van der Waals surface area contributed by atoms with Crippen LogP contribution in [0.4, 0.5) is 16.2 Å². The molecule has 0 saturated carbocycles. The predicted octanol–water partition coefficient (Wildman–Crippen LogP) is 3.51. The Morgan fingerprint density at radius 3 is 2.43 bits per heavy atom. The highest BCUT2D eigenvalue weighted by atomic mass is 16.6. The number of hydrazine groups is 1. The Morgan fingerprint density at radius 2 is 1.87 bits per heavy atom. The first-order valence-electron chi connectivity index (χ1n) is 7.45. The Hall–Kier alpha value is -2.57. The van der Waals surface area contributed by atoms with Crippen LogP contribution in [0, 0.1) is 10.1 Å². The van der Waals surface area contributed by atoms with E-state index in [9.17, 15) is 14.9 Å². The molecule has 1 aliphatic heterocycles. The third kappa shape index (κ3) is 4.45. The SMILES string of the molecule is CC(C)(C)OC(=O)N1CC=CCCN1c1ccc([N+](=O)[O-])cc1. The van der Waals surface area contributed by atoms with Gasteiger partial charge in [0.25, 0.3) is 5.69 Å². The van der Waals surface area contributed by atoms with Crippen molar-refractivity contribution >= 4 is 17.5 Å². The molecule has 0 aromatic heterocycles. The van der Waals surface area contributed by atoms with Gasteiger partial charge < -0.3 is 4.74 Å². The third-order valence-corrected chi connectivity index (χ3v) is 3.21. The van der Waals surface area contributed by atoms with Crippen LogP contribution in [0.15, 0.2) is 36.4 Å². The van der Waals surface area contributed by atoms with Crippen LogP contribution >= 0.6 is 0 Å². The lowest BCUT2D eigenvalue weighted by molar-refractivity contribution is -0.384. The van der Waals surface area contributed by atoms with E-state index < -0.39 is 16.6 Å². The first-order chi connectivity index (χ1) is 10.8. The highest BCUT2D eigenvalue weighted by Gasteiger charge is 2.27. The molecule has 0 aliphatic carbocycles. The zero-order valence-corrected chi connectivity index (χ0v) is 13.6. The Kier molecular flexibility index (Phi) is 4.88. The molecule has 2 rings (SSSR count). The van der Waals surface area contributed by atoms with Crippen molar-refractivity contribution in [3.63, 3.8) is 0 Å². The maximum absolute atomic E-state index is 12.4. The second kappa shape index (κ2) is 6.68. The van der Waals surface area contributed by atoms with E-state index in [-0.39, 0.29) is 5.69 Å². The summed E-state index contributed by atoms with van der Waals surface area (Å²) < 4.78 is 5.45. The molecule has 124 valence electrons. The number of non-ortho nitro benzene ring substituents is 1. The molecule has 7 heteroatoms. The maximum atomic E-state index is 12.4. The molecular formula is C16H21N3O4. The van der Waals surface area contributed by atoms with Gasteiger partial charge in [-0.05, 0) is 39.3 Å². The van der Waals surface area contributed by atoms with Gasteiger partial charge in [-0.25, -0.2) is 9.80 Å². The van der Waals surface area contributed by atoms with Crippen molar-refractivity contribution < 1.29 is 14.5 Å². The Bertz CT molecular complexity index is 605. The molecule has 0 saturated heterocycles. The molecule has 0 bridgehead atoms. The Morgan fingerprint density at radius 1 is 1.22 bits per heavy atom. The van der Waals surface area contributed by atoms with Crippen molar-refractivity contribution in [1.82, 2.24) is 5.01 Å². The molecule has 0 atom stereocenters. The summed E-state index contributed by atoms with van der Waals surface area (Å²) in [4.78, 5) is 22.8. The van der Waals surface area contributed by atoms with Crippen LogP contribution in [-0.4, -0.2) is 34.7 Å². The minimum Gasteiger partial charge on any atom is -0.442 e. The fraction of sp³-hybridized carbons (Fsp3) is 0.438. The highest BCUT2D eigenvalue weighted by molar-refractivity contribution is 5.71. The van der Waals surface area contributed by atoms with E-state index in [0.717, 1.165) is 6.42 Å². The lowest BCUT2D eigenvalue weighted by Crippen LogP contribution is -2.48. The fourth-order valence-electron chi connectivity index (χ4n) is 2.21. The van der Waals surface area contributed by atoms with Crippen LogP contribution in [0.3, 0.4) is 0 Å². The van der Waals surface area contributed by atoms with Gasteiger partial charge >= 0.3 is 6.09 Å². The minimum absolute atomic E-state index is 0.0190. The van der Waals surface area contributed by atoms with Gasteiger partial charge in [-0.3, -0.25) is 15.1 Å². The van der Waals surface area contributed by atoms with Gasteiger partial charge in [0.1, 0.15) is 5.60 Å². The van der Waals surface area contributed by atoms with E-state index in [0.29, 0.717) is 18.8 Å². The van der Waals surface area contributed by atoms with E-state index in [1.54, 1.807) is 17.1 Å². The molecule has 7 nitrogen and oxygen atoms in total. The molecule has 0 unspecified atom stereocenters. The van der Waals surface area contributed by atoms with Crippen LogP contribution in [-0.2, 0) is 4.74 Å². The lowest BCUT2D eigenvalue weighted by atomic mass is 10.2. The number of anilines is 1. The predicted molar refractivity (Wildman–Crippen MR) is 87.1 cm³/mol. The minimum atomic E-state index is -0.589. The molecule has 0 spiro atoms. The van der Waals surface area contributed by atoms with E-state index >= 15 is 0 Å². The number of rotatable bonds is 2. The average molecular weight is 319 g/mol. The van der Waals surface area contributed by atoms with Gasteiger partial charge in [0.05, 0.1) is 17.2 Å². The summed E-state index contributed by atoms with van der Waals surface area (Å²) in [5.74, 6) is 0. The quantitative estimate of drug-likeness (QED) is 0.473. The standard InChI is InChI=1S/C16H21N3O4/c1-16(2,3)23-15(20)18-12-6-4-5-11-17(18)13-7-9-14(10-8-13)19(21)22/h4,6-10H,5,11-12H2,1-3H3. The highest BCUT2D eigenvalue weighted by Crippen LogP contribution is 2.23. The zero-order chi connectivity index (χ0) is 17.0. The molecule has 23 heavy (non-hydrogen) atoms. The monoisotopic (exact) mass is 319 g/mol. The second-order valence-corrected chi connectivity index (χ2v) is 6.22. The molecule has 1 amide bonds. The summed E-state index contributed by atoms with van der Waals surface area (Å²) in [6, 6.07) is 6.14. The van der Waals surface area contributed by atoms with Gasteiger partial charge in [-0.2, -0.15) is 0 Å². The summed E-state index contributed by atoms with van der Waals surface area (Å²) in [6.07, 6.45) is 4.25. The van der Waals surface area contributed by atoms with Gasteiger partial charge in [0.2, 0.25) is 0 Å². The fourth-order valence-corrected chi connectivity index (χ4v) is 2.21. The molecule has 1 aliphatic rings. The number of ether oxygens (including phenoxy) is 1.